The molecule has 0 aromatic heterocycles. The first-order chi connectivity index (χ1) is 7.27. The standard InChI is InChI=1S/C13H19FO2/c1-8(2)9-6-10(13(3,4)15)12(16-5)11(14)7-9/h6-8,15H,1-5H3. The molecule has 90 valence electrons. The molecule has 0 heterocycles. The molecule has 2 nitrogen and oxygen atoms in total. The lowest BCUT2D eigenvalue weighted by molar-refractivity contribution is 0.0748. The van der Waals surface area contributed by atoms with Crippen molar-refractivity contribution in [1.29, 1.82) is 0 Å². The average molecular weight is 226 g/mol. The monoisotopic (exact) mass is 226 g/mol. The zero-order valence-electron chi connectivity index (χ0n) is 10.5. The molecule has 1 N–H and O–H groups in total. The quantitative estimate of drug-likeness (QED) is 0.857. The second kappa shape index (κ2) is 4.42. The largest absolute Gasteiger partial charge is 0.493 e. The number of rotatable bonds is 3. The predicted molar refractivity (Wildman–Crippen MR) is 62.3 cm³/mol. The van der Waals surface area contributed by atoms with Crippen LogP contribution in [0.5, 0.6) is 5.75 Å². The fourth-order valence-electron chi connectivity index (χ4n) is 1.61. The van der Waals surface area contributed by atoms with Gasteiger partial charge in [0.1, 0.15) is 0 Å². The number of aliphatic hydroxyl groups is 1. The molecule has 0 atom stereocenters. The summed E-state index contributed by atoms with van der Waals surface area (Å²) < 4.78 is 18.8. The van der Waals surface area contributed by atoms with Crippen molar-refractivity contribution in [3.63, 3.8) is 0 Å². The molecule has 0 saturated carbocycles. The summed E-state index contributed by atoms with van der Waals surface area (Å²) in [5, 5.41) is 9.98. The topological polar surface area (TPSA) is 29.5 Å². The van der Waals surface area contributed by atoms with Gasteiger partial charge in [-0.2, -0.15) is 0 Å². The molecule has 1 rings (SSSR count). The van der Waals surface area contributed by atoms with Crippen LogP contribution < -0.4 is 4.74 Å². The minimum Gasteiger partial charge on any atom is -0.493 e. The number of halogens is 1. The van der Waals surface area contributed by atoms with Crippen LogP contribution in [-0.4, -0.2) is 12.2 Å². The first-order valence-corrected chi connectivity index (χ1v) is 5.37. The van der Waals surface area contributed by atoms with Crippen molar-refractivity contribution < 1.29 is 14.2 Å². The highest BCUT2D eigenvalue weighted by atomic mass is 19.1. The van der Waals surface area contributed by atoms with E-state index < -0.39 is 11.4 Å². The molecule has 0 radical (unpaired) electrons. The lowest BCUT2D eigenvalue weighted by Gasteiger charge is -2.23. The Morgan fingerprint density at radius 1 is 1.31 bits per heavy atom. The van der Waals surface area contributed by atoms with Gasteiger partial charge in [-0.15, -0.1) is 0 Å². The van der Waals surface area contributed by atoms with Crippen molar-refractivity contribution in [1.82, 2.24) is 0 Å². The summed E-state index contributed by atoms with van der Waals surface area (Å²) in [5.41, 5.74) is 0.228. The van der Waals surface area contributed by atoms with E-state index in [1.54, 1.807) is 19.9 Å². The Balaban J connectivity index is 3.43. The third-order valence-electron chi connectivity index (χ3n) is 2.60. The molecule has 0 unspecified atom stereocenters. The maximum atomic E-state index is 13.8. The molecule has 0 spiro atoms. The van der Waals surface area contributed by atoms with Gasteiger partial charge in [0.2, 0.25) is 0 Å². The van der Waals surface area contributed by atoms with E-state index in [0.29, 0.717) is 5.56 Å². The molecule has 0 bridgehead atoms. The van der Waals surface area contributed by atoms with Gasteiger partial charge in [-0.25, -0.2) is 4.39 Å². The third-order valence-corrected chi connectivity index (χ3v) is 2.60. The van der Waals surface area contributed by atoms with E-state index in [9.17, 15) is 9.50 Å². The third kappa shape index (κ3) is 2.53. The van der Waals surface area contributed by atoms with Gasteiger partial charge in [-0.1, -0.05) is 13.8 Å². The van der Waals surface area contributed by atoms with E-state index in [1.807, 2.05) is 13.8 Å². The van der Waals surface area contributed by atoms with E-state index in [4.69, 9.17) is 4.74 Å². The highest BCUT2D eigenvalue weighted by Crippen LogP contribution is 2.34. The second-order valence-corrected chi connectivity index (χ2v) is 4.80. The molecule has 16 heavy (non-hydrogen) atoms. The Labute approximate surface area is 96.1 Å². The fourth-order valence-corrected chi connectivity index (χ4v) is 1.61. The lowest BCUT2D eigenvalue weighted by atomic mass is 9.92. The summed E-state index contributed by atoms with van der Waals surface area (Å²) in [5.74, 6) is -0.0933. The van der Waals surface area contributed by atoms with Crippen LogP contribution in [0.25, 0.3) is 0 Å². The SMILES string of the molecule is COc1c(F)cc(C(C)C)cc1C(C)(C)O. The molecule has 0 aliphatic rings. The zero-order valence-corrected chi connectivity index (χ0v) is 10.5. The second-order valence-electron chi connectivity index (χ2n) is 4.80. The predicted octanol–water partition coefficient (Wildman–Crippen LogP) is 3.19. The van der Waals surface area contributed by atoms with E-state index in [-0.39, 0.29) is 11.7 Å². The van der Waals surface area contributed by atoms with Gasteiger partial charge in [0.25, 0.3) is 0 Å². The van der Waals surface area contributed by atoms with E-state index in [2.05, 4.69) is 0 Å². The zero-order chi connectivity index (χ0) is 12.5. The van der Waals surface area contributed by atoms with Crippen LogP contribution in [0.15, 0.2) is 12.1 Å². The Kier molecular flexibility index (Phi) is 3.58. The molecule has 0 aliphatic heterocycles. The van der Waals surface area contributed by atoms with Crippen LogP contribution in [0.3, 0.4) is 0 Å². The first-order valence-electron chi connectivity index (χ1n) is 5.37. The molecular weight excluding hydrogens is 207 g/mol. The summed E-state index contributed by atoms with van der Waals surface area (Å²) in [6.45, 7) is 7.20. The maximum absolute atomic E-state index is 13.8. The van der Waals surface area contributed by atoms with Crippen molar-refractivity contribution in [3.8, 4) is 5.75 Å². The molecule has 1 aromatic carbocycles. The maximum Gasteiger partial charge on any atom is 0.165 e. The molecule has 0 aliphatic carbocycles. The summed E-state index contributed by atoms with van der Waals surface area (Å²) in [6, 6.07) is 3.26. The molecule has 3 heteroatoms. The van der Waals surface area contributed by atoms with Crippen LogP contribution in [0.2, 0.25) is 0 Å². The van der Waals surface area contributed by atoms with Crippen molar-refractivity contribution in [2.24, 2.45) is 0 Å². The smallest absolute Gasteiger partial charge is 0.165 e. The molecule has 0 fully saturated rings. The van der Waals surface area contributed by atoms with Crippen LogP contribution in [0, 0.1) is 5.82 Å². The summed E-state index contributed by atoms with van der Waals surface area (Å²) in [4.78, 5) is 0. The van der Waals surface area contributed by atoms with Gasteiger partial charge in [0.15, 0.2) is 11.6 Å². The summed E-state index contributed by atoms with van der Waals surface area (Å²) in [6.07, 6.45) is 0. The highest BCUT2D eigenvalue weighted by Gasteiger charge is 2.24. The highest BCUT2D eigenvalue weighted by molar-refractivity contribution is 5.42. The van der Waals surface area contributed by atoms with Gasteiger partial charge < -0.3 is 9.84 Å². The van der Waals surface area contributed by atoms with E-state index in [0.717, 1.165) is 5.56 Å². The first kappa shape index (κ1) is 13.0. The van der Waals surface area contributed by atoms with E-state index >= 15 is 0 Å². The minimum absolute atomic E-state index is 0.122. The Morgan fingerprint density at radius 2 is 1.88 bits per heavy atom. The van der Waals surface area contributed by atoms with Crippen molar-refractivity contribution in [2.75, 3.05) is 7.11 Å². The van der Waals surface area contributed by atoms with Gasteiger partial charge in [0, 0.05) is 5.56 Å². The number of methoxy groups -OCH3 is 1. The summed E-state index contributed by atoms with van der Waals surface area (Å²) in [7, 11) is 1.41. The molecule has 0 saturated heterocycles. The Hall–Kier alpha value is -1.09. The molecular formula is C13H19FO2. The van der Waals surface area contributed by atoms with Gasteiger partial charge >= 0.3 is 0 Å². The van der Waals surface area contributed by atoms with Gasteiger partial charge in [-0.05, 0) is 37.5 Å². The van der Waals surface area contributed by atoms with Crippen molar-refractivity contribution in [3.05, 3.63) is 29.1 Å². The van der Waals surface area contributed by atoms with Crippen molar-refractivity contribution >= 4 is 0 Å². The number of hydrogen-bond donors (Lipinski definition) is 1. The fraction of sp³-hybridized carbons (Fsp3) is 0.538. The Morgan fingerprint density at radius 3 is 2.25 bits per heavy atom. The minimum atomic E-state index is -1.11. The normalized spacial score (nSPS) is 12.0. The van der Waals surface area contributed by atoms with Crippen LogP contribution in [0.4, 0.5) is 4.39 Å². The van der Waals surface area contributed by atoms with Gasteiger partial charge in [0.05, 0.1) is 12.7 Å². The molecule has 1 aromatic rings. The van der Waals surface area contributed by atoms with E-state index in [1.165, 1.54) is 13.2 Å². The van der Waals surface area contributed by atoms with Crippen LogP contribution >= 0.6 is 0 Å². The Bertz CT molecular complexity index is 378. The van der Waals surface area contributed by atoms with Crippen LogP contribution in [0.1, 0.15) is 44.7 Å². The number of hydrogen-bond acceptors (Lipinski definition) is 2. The van der Waals surface area contributed by atoms with Gasteiger partial charge in [-0.3, -0.25) is 0 Å². The molecule has 0 amide bonds. The lowest BCUT2D eigenvalue weighted by Crippen LogP contribution is -2.18. The number of ether oxygens (including phenoxy) is 1. The number of benzene rings is 1. The summed E-state index contributed by atoms with van der Waals surface area (Å²) >= 11 is 0. The van der Waals surface area contributed by atoms with Crippen molar-refractivity contribution in [2.45, 2.75) is 39.2 Å². The average Bonchev–Trinajstić information content (AvgIpc) is 2.14. The van der Waals surface area contributed by atoms with Crippen LogP contribution in [-0.2, 0) is 5.60 Å².